The first-order chi connectivity index (χ1) is 9.68. The maximum Gasteiger partial charge on any atom is 0.257 e. The summed E-state index contributed by atoms with van der Waals surface area (Å²) in [6.07, 6.45) is 5.89. The Kier molecular flexibility index (Phi) is 3.78. The van der Waals surface area contributed by atoms with E-state index in [1.54, 1.807) is 0 Å². The van der Waals surface area contributed by atoms with Gasteiger partial charge in [0.25, 0.3) is 5.91 Å². The van der Waals surface area contributed by atoms with E-state index in [0.717, 1.165) is 42.9 Å². The fraction of sp³-hybridized carbons (Fsp3) is 0.733. The van der Waals surface area contributed by atoms with E-state index < -0.39 is 0 Å². The van der Waals surface area contributed by atoms with Crippen molar-refractivity contribution in [1.29, 1.82) is 0 Å². The van der Waals surface area contributed by atoms with Crippen LogP contribution in [-0.4, -0.2) is 46.2 Å². The second-order valence-electron chi connectivity index (χ2n) is 6.07. The van der Waals surface area contributed by atoms with E-state index in [1.807, 2.05) is 13.8 Å². The molecule has 1 aromatic heterocycles. The highest BCUT2D eigenvalue weighted by molar-refractivity contribution is 5.96. The Morgan fingerprint density at radius 2 is 2.10 bits per heavy atom. The topological polar surface area (TPSA) is 61.0 Å². The molecule has 2 atom stereocenters. The minimum atomic E-state index is 0.159. The van der Waals surface area contributed by atoms with Crippen molar-refractivity contribution in [1.82, 2.24) is 20.4 Å². The van der Waals surface area contributed by atoms with Gasteiger partial charge in [-0.05, 0) is 52.5 Å². The summed E-state index contributed by atoms with van der Waals surface area (Å²) in [5.41, 5.74) is 2.47. The number of carbonyl (C=O) groups excluding carboxylic acids is 1. The van der Waals surface area contributed by atoms with Crippen LogP contribution in [0.25, 0.3) is 0 Å². The van der Waals surface area contributed by atoms with E-state index in [0.29, 0.717) is 12.1 Å². The number of amides is 1. The van der Waals surface area contributed by atoms with Gasteiger partial charge in [0, 0.05) is 24.3 Å². The molecule has 0 bridgehead atoms. The fourth-order valence-electron chi connectivity index (χ4n) is 3.68. The van der Waals surface area contributed by atoms with Crippen LogP contribution in [0.5, 0.6) is 0 Å². The standard InChI is InChI=1S/C15H24N4O/c1-10-14(11(2)18-17-10)15(20)19-9-4-3-7-13(19)12-6-5-8-16-12/h12-13,16H,3-9H2,1-2H3,(H,17,18). The van der Waals surface area contributed by atoms with Gasteiger partial charge in [-0.15, -0.1) is 0 Å². The number of aromatic nitrogens is 2. The molecule has 3 heterocycles. The second-order valence-corrected chi connectivity index (χ2v) is 6.07. The molecule has 0 radical (unpaired) electrons. The number of nitrogens with zero attached hydrogens (tertiary/aromatic N) is 2. The average molecular weight is 276 g/mol. The quantitative estimate of drug-likeness (QED) is 0.865. The van der Waals surface area contributed by atoms with Gasteiger partial charge >= 0.3 is 0 Å². The van der Waals surface area contributed by atoms with E-state index >= 15 is 0 Å². The van der Waals surface area contributed by atoms with E-state index in [2.05, 4.69) is 20.4 Å². The molecule has 1 amide bonds. The molecule has 2 aliphatic rings. The van der Waals surface area contributed by atoms with Gasteiger partial charge in [0.15, 0.2) is 0 Å². The molecule has 0 spiro atoms. The van der Waals surface area contributed by atoms with Crippen molar-refractivity contribution in [3.05, 3.63) is 17.0 Å². The smallest absolute Gasteiger partial charge is 0.257 e. The Balaban J connectivity index is 1.84. The highest BCUT2D eigenvalue weighted by Gasteiger charge is 2.35. The predicted octanol–water partition coefficient (Wildman–Crippen LogP) is 1.77. The molecule has 110 valence electrons. The van der Waals surface area contributed by atoms with Crippen molar-refractivity contribution in [2.75, 3.05) is 13.1 Å². The Bertz CT molecular complexity index is 471. The number of hydrogen-bond donors (Lipinski definition) is 2. The molecule has 2 aliphatic heterocycles. The summed E-state index contributed by atoms with van der Waals surface area (Å²) < 4.78 is 0. The Hall–Kier alpha value is -1.36. The average Bonchev–Trinajstić information content (AvgIpc) is 3.09. The predicted molar refractivity (Wildman–Crippen MR) is 77.8 cm³/mol. The van der Waals surface area contributed by atoms with Crippen LogP contribution >= 0.6 is 0 Å². The minimum absolute atomic E-state index is 0.159. The summed E-state index contributed by atoms with van der Waals surface area (Å²) in [6.45, 7) is 5.81. The summed E-state index contributed by atoms with van der Waals surface area (Å²) >= 11 is 0. The number of aromatic amines is 1. The van der Waals surface area contributed by atoms with Gasteiger partial charge in [-0.3, -0.25) is 9.89 Å². The van der Waals surface area contributed by atoms with Crippen molar-refractivity contribution in [3.63, 3.8) is 0 Å². The first-order valence-corrected chi connectivity index (χ1v) is 7.74. The summed E-state index contributed by atoms with van der Waals surface area (Å²) in [6, 6.07) is 0.833. The lowest BCUT2D eigenvalue weighted by Gasteiger charge is -2.39. The van der Waals surface area contributed by atoms with Crippen LogP contribution in [0.1, 0.15) is 53.8 Å². The molecule has 3 rings (SSSR count). The molecule has 1 aromatic rings. The maximum atomic E-state index is 12.9. The van der Waals surface area contributed by atoms with Crippen LogP contribution in [0.2, 0.25) is 0 Å². The number of rotatable bonds is 2. The number of H-pyrrole nitrogens is 1. The lowest BCUT2D eigenvalue weighted by Crippen LogP contribution is -2.52. The van der Waals surface area contributed by atoms with Gasteiger partial charge < -0.3 is 10.2 Å². The molecule has 2 unspecified atom stereocenters. The van der Waals surface area contributed by atoms with Gasteiger partial charge in [0.1, 0.15) is 0 Å². The number of piperidine rings is 1. The van der Waals surface area contributed by atoms with Gasteiger partial charge in [-0.1, -0.05) is 0 Å². The molecule has 5 nitrogen and oxygen atoms in total. The first-order valence-electron chi connectivity index (χ1n) is 7.74. The summed E-state index contributed by atoms with van der Waals surface area (Å²) in [5, 5.41) is 10.7. The highest BCUT2D eigenvalue weighted by atomic mass is 16.2. The van der Waals surface area contributed by atoms with Gasteiger partial charge in [0.2, 0.25) is 0 Å². The number of aryl methyl sites for hydroxylation is 2. The molecule has 0 aliphatic carbocycles. The van der Waals surface area contributed by atoms with E-state index in [4.69, 9.17) is 0 Å². The lowest BCUT2D eigenvalue weighted by molar-refractivity contribution is 0.0562. The van der Waals surface area contributed by atoms with Crippen molar-refractivity contribution in [2.24, 2.45) is 0 Å². The van der Waals surface area contributed by atoms with Crippen LogP contribution in [0, 0.1) is 13.8 Å². The first kappa shape index (κ1) is 13.6. The third-order valence-corrected chi connectivity index (χ3v) is 4.71. The monoisotopic (exact) mass is 276 g/mol. The molecule has 0 aromatic carbocycles. The van der Waals surface area contributed by atoms with Crippen molar-refractivity contribution >= 4 is 5.91 Å². The van der Waals surface area contributed by atoms with Crippen molar-refractivity contribution in [3.8, 4) is 0 Å². The molecule has 0 saturated carbocycles. The second kappa shape index (κ2) is 5.56. The van der Waals surface area contributed by atoms with Crippen LogP contribution in [0.4, 0.5) is 0 Å². The zero-order valence-corrected chi connectivity index (χ0v) is 12.4. The van der Waals surface area contributed by atoms with E-state index in [-0.39, 0.29) is 5.91 Å². The van der Waals surface area contributed by atoms with Gasteiger partial charge in [0.05, 0.1) is 11.3 Å². The molecule has 2 fully saturated rings. The summed E-state index contributed by atoms with van der Waals surface area (Å²) in [7, 11) is 0. The number of likely N-dealkylation sites (tertiary alicyclic amines) is 1. The molecule has 2 saturated heterocycles. The summed E-state index contributed by atoms with van der Waals surface area (Å²) in [5.74, 6) is 0.159. The molecule has 20 heavy (non-hydrogen) atoms. The molecule has 2 N–H and O–H groups in total. The number of hydrogen-bond acceptors (Lipinski definition) is 3. The SMILES string of the molecule is Cc1n[nH]c(C)c1C(=O)N1CCCCC1C1CCCN1. The number of nitrogens with one attached hydrogen (secondary N) is 2. The molecular formula is C15H24N4O. The molecule has 5 heteroatoms. The Labute approximate surface area is 120 Å². The van der Waals surface area contributed by atoms with E-state index in [1.165, 1.54) is 19.3 Å². The Morgan fingerprint density at radius 3 is 2.75 bits per heavy atom. The fourth-order valence-corrected chi connectivity index (χ4v) is 3.68. The third-order valence-electron chi connectivity index (χ3n) is 4.71. The van der Waals surface area contributed by atoms with Gasteiger partial charge in [-0.2, -0.15) is 5.10 Å². The van der Waals surface area contributed by atoms with Crippen molar-refractivity contribution < 1.29 is 4.79 Å². The lowest BCUT2D eigenvalue weighted by atomic mass is 9.93. The largest absolute Gasteiger partial charge is 0.334 e. The van der Waals surface area contributed by atoms with Crippen LogP contribution in [0.15, 0.2) is 0 Å². The van der Waals surface area contributed by atoms with Crippen LogP contribution < -0.4 is 5.32 Å². The van der Waals surface area contributed by atoms with Crippen LogP contribution in [-0.2, 0) is 0 Å². The minimum Gasteiger partial charge on any atom is -0.334 e. The maximum absolute atomic E-state index is 12.9. The van der Waals surface area contributed by atoms with Crippen LogP contribution in [0.3, 0.4) is 0 Å². The highest BCUT2D eigenvalue weighted by Crippen LogP contribution is 2.26. The summed E-state index contributed by atoms with van der Waals surface area (Å²) in [4.78, 5) is 15.0. The van der Waals surface area contributed by atoms with Crippen molar-refractivity contribution in [2.45, 2.75) is 58.0 Å². The number of carbonyl (C=O) groups is 1. The third kappa shape index (κ3) is 2.35. The van der Waals surface area contributed by atoms with E-state index in [9.17, 15) is 4.79 Å². The van der Waals surface area contributed by atoms with Gasteiger partial charge in [-0.25, -0.2) is 0 Å². The normalized spacial score (nSPS) is 27.0. The zero-order valence-electron chi connectivity index (χ0n) is 12.4. The zero-order chi connectivity index (χ0) is 14.1. The molecular weight excluding hydrogens is 252 g/mol. The Morgan fingerprint density at radius 1 is 1.25 bits per heavy atom.